The maximum atomic E-state index is 4.97. The normalized spacial score (nSPS) is 10.9. The summed E-state index contributed by atoms with van der Waals surface area (Å²) in [5, 5.41) is 0. The Kier molecular flexibility index (Phi) is 4.34. The Labute approximate surface area is 169 Å². The summed E-state index contributed by atoms with van der Waals surface area (Å²) in [6, 6.07) is 29.0. The number of hydrogen-bond donors (Lipinski definition) is 0. The molecule has 138 valence electrons. The van der Waals surface area contributed by atoms with Gasteiger partial charge in [-0.05, 0) is 42.3 Å². The third kappa shape index (κ3) is 3.39. The number of hydrogen-bond acceptors (Lipinski definition) is 3. The molecule has 5 rings (SSSR count). The number of aryl methyl sites for hydroxylation is 1. The molecule has 0 aliphatic heterocycles. The average molecular weight is 373 g/mol. The first-order valence-electron chi connectivity index (χ1n) is 9.62. The first kappa shape index (κ1) is 17.3. The summed E-state index contributed by atoms with van der Waals surface area (Å²) in [5.41, 5.74) is 9.26. The van der Waals surface area contributed by atoms with Crippen LogP contribution in [0, 0.1) is 6.92 Å². The first-order chi connectivity index (χ1) is 14.3. The van der Waals surface area contributed by atoms with Crippen LogP contribution >= 0.6 is 0 Å². The fourth-order valence-corrected chi connectivity index (χ4v) is 3.48. The van der Waals surface area contributed by atoms with Gasteiger partial charge in [0.05, 0.1) is 22.4 Å². The second-order valence-electron chi connectivity index (χ2n) is 7.09. The van der Waals surface area contributed by atoms with Crippen molar-refractivity contribution in [2.75, 3.05) is 0 Å². The van der Waals surface area contributed by atoms with Gasteiger partial charge in [0.2, 0.25) is 0 Å². The van der Waals surface area contributed by atoms with Crippen molar-refractivity contribution in [1.82, 2.24) is 15.0 Å². The summed E-state index contributed by atoms with van der Waals surface area (Å²) in [6.07, 6.45) is 3.63. The molecule has 2 aromatic heterocycles. The molecule has 0 aliphatic carbocycles. The lowest BCUT2D eigenvalue weighted by atomic mass is 10.00. The van der Waals surface area contributed by atoms with Crippen molar-refractivity contribution in [2.45, 2.75) is 6.92 Å². The molecule has 0 saturated heterocycles. The van der Waals surface area contributed by atoms with Gasteiger partial charge >= 0.3 is 0 Å². The molecule has 0 radical (unpaired) electrons. The van der Waals surface area contributed by atoms with Crippen molar-refractivity contribution in [3.63, 3.8) is 0 Å². The fourth-order valence-electron chi connectivity index (χ4n) is 3.48. The van der Waals surface area contributed by atoms with E-state index in [1.807, 2.05) is 48.8 Å². The lowest BCUT2D eigenvalue weighted by Crippen LogP contribution is -1.95. The number of para-hydroxylation sites is 2. The van der Waals surface area contributed by atoms with E-state index in [-0.39, 0.29) is 0 Å². The van der Waals surface area contributed by atoms with Crippen molar-refractivity contribution in [3.8, 4) is 33.6 Å². The van der Waals surface area contributed by atoms with Gasteiger partial charge in [-0.25, -0.2) is 9.97 Å². The van der Waals surface area contributed by atoms with Gasteiger partial charge in [0.25, 0.3) is 0 Å². The van der Waals surface area contributed by atoms with Crippen LogP contribution in [0.1, 0.15) is 5.56 Å². The predicted octanol–water partition coefficient (Wildman–Crippen LogP) is 6.33. The van der Waals surface area contributed by atoms with Gasteiger partial charge in [-0.15, -0.1) is 0 Å². The van der Waals surface area contributed by atoms with Crippen LogP contribution in [0.25, 0.3) is 44.7 Å². The SMILES string of the molecule is Cc1ccc(-c2nc3ccccc3nc2-c2ccc(-c3ccncc3)cc2)cc1. The van der Waals surface area contributed by atoms with Crippen LogP contribution in [-0.2, 0) is 0 Å². The molecule has 3 aromatic carbocycles. The zero-order valence-electron chi connectivity index (χ0n) is 16.1. The first-order valence-corrected chi connectivity index (χ1v) is 9.62. The van der Waals surface area contributed by atoms with E-state index < -0.39 is 0 Å². The molecule has 2 heterocycles. The van der Waals surface area contributed by atoms with E-state index in [1.165, 1.54) is 5.56 Å². The average Bonchev–Trinajstić information content (AvgIpc) is 2.79. The van der Waals surface area contributed by atoms with Crippen molar-refractivity contribution >= 4 is 11.0 Å². The lowest BCUT2D eigenvalue weighted by Gasteiger charge is -2.11. The molecule has 0 saturated carbocycles. The van der Waals surface area contributed by atoms with E-state index in [1.54, 1.807) is 0 Å². The van der Waals surface area contributed by atoms with Crippen LogP contribution in [0.3, 0.4) is 0 Å². The van der Waals surface area contributed by atoms with Crippen molar-refractivity contribution < 1.29 is 0 Å². The van der Waals surface area contributed by atoms with Gasteiger partial charge in [0, 0.05) is 23.5 Å². The molecule has 0 unspecified atom stereocenters. The molecule has 0 N–H and O–H groups in total. The standard InChI is InChI=1S/C26H19N3/c1-18-6-8-21(9-7-18)25-26(29-24-5-3-2-4-23(24)28-25)22-12-10-19(11-13-22)20-14-16-27-17-15-20/h2-17H,1H3. The summed E-state index contributed by atoms with van der Waals surface area (Å²) < 4.78 is 0. The van der Waals surface area contributed by atoms with Gasteiger partial charge in [-0.2, -0.15) is 0 Å². The van der Waals surface area contributed by atoms with Gasteiger partial charge in [-0.3, -0.25) is 4.98 Å². The fraction of sp³-hybridized carbons (Fsp3) is 0.0385. The molecule has 0 bridgehead atoms. The molecule has 0 atom stereocenters. The highest BCUT2D eigenvalue weighted by atomic mass is 14.8. The smallest absolute Gasteiger partial charge is 0.0973 e. The van der Waals surface area contributed by atoms with Gasteiger partial charge in [0.15, 0.2) is 0 Å². The van der Waals surface area contributed by atoms with E-state index in [0.717, 1.165) is 44.7 Å². The summed E-state index contributed by atoms with van der Waals surface area (Å²) in [5.74, 6) is 0. The minimum Gasteiger partial charge on any atom is -0.265 e. The lowest BCUT2D eigenvalue weighted by molar-refractivity contribution is 1.29. The maximum Gasteiger partial charge on any atom is 0.0973 e. The number of benzene rings is 3. The van der Waals surface area contributed by atoms with E-state index >= 15 is 0 Å². The van der Waals surface area contributed by atoms with Gasteiger partial charge in [0.1, 0.15) is 0 Å². The number of rotatable bonds is 3. The molecule has 5 aromatic rings. The van der Waals surface area contributed by atoms with Crippen LogP contribution in [0.4, 0.5) is 0 Å². The van der Waals surface area contributed by atoms with Crippen molar-refractivity contribution in [3.05, 3.63) is 103 Å². The maximum absolute atomic E-state index is 4.97. The topological polar surface area (TPSA) is 38.7 Å². The molecule has 0 amide bonds. The largest absolute Gasteiger partial charge is 0.265 e. The molecular weight excluding hydrogens is 354 g/mol. The van der Waals surface area contributed by atoms with Crippen LogP contribution in [0.2, 0.25) is 0 Å². The Balaban J connectivity index is 1.67. The molecule has 3 heteroatoms. The third-order valence-electron chi connectivity index (χ3n) is 5.07. The number of fused-ring (bicyclic) bond motifs is 1. The number of nitrogens with zero attached hydrogens (tertiary/aromatic N) is 3. The molecular formula is C26H19N3. The van der Waals surface area contributed by atoms with Crippen LogP contribution in [0.15, 0.2) is 97.3 Å². The van der Waals surface area contributed by atoms with E-state index in [9.17, 15) is 0 Å². The minimum absolute atomic E-state index is 0.897. The summed E-state index contributed by atoms with van der Waals surface area (Å²) in [7, 11) is 0. The highest BCUT2D eigenvalue weighted by Crippen LogP contribution is 2.32. The second kappa shape index (κ2) is 7.28. The van der Waals surface area contributed by atoms with E-state index in [4.69, 9.17) is 9.97 Å². The molecule has 0 fully saturated rings. The summed E-state index contributed by atoms with van der Waals surface area (Å²) >= 11 is 0. The molecule has 0 aliphatic rings. The van der Waals surface area contributed by atoms with Crippen molar-refractivity contribution in [2.24, 2.45) is 0 Å². The predicted molar refractivity (Wildman–Crippen MR) is 118 cm³/mol. The zero-order chi connectivity index (χ0) is 19.6. The molecule has 0 spiro atoms. The van der Waals surface area contributed by atoms with Gasteiger partial charge < -0.3 is 0 Å². The Morgan fingerprint density at radius 1 is 0.483 bits per heavy atom. The zero-order valence-corrected chi connectivity index (χ0v) is 16.1. The number of pyridine rings is 1. The Morgan fingerprint density at radius 3 is 1.48 bits per heavy atom. The molecule has 3 nitrogen and oxygen atoms in total. The summed E-state index contributed by atoms with van der Waals surface area (Å²) in [4.78, 5) is 14.0. The quantitative estimate of drug-likeness (QED) is 0.371. The highest BCUT2D eigenvalue weighted by Gasteiger charge is 2.13. The Morgan fingerprint density at radius 2 is 0.931 bits per heavy atom. The third-order valence-corrected chi connectivity index (χ3v) is 5.07. The van der Waals surface area contributed by atoms with Crippen molar-refractivity contribution in [1.29, 1.82) is 0 Å². The minimum atomic E-state index is 0.897. The number of aromatic nitrogens is 3. The van der Waals surface area contributed by atoms with E-state index in [2.05, 4.69) is 60.4 Å². The van der Waals surface area contributed by atoms with E-state index in [0.29, 0.717) is 0 Å². The Hall–Kier alpha value is -3.85. The van der Waals surface area contributed by atoms with Gasteiger partial charge in [-0.1, -0.05) is 66.2 Å². The molecule has 29 heavy (non-hydrogen) atoms. The monoisotopic (exact) mass is 373 g/mol. The Bertz CT molecular complexity index is 1280. The highest BCUT2D eigenvalue weighted by molar-refractivity contribution is 5.86. The van der Waals surface area contributed by atoms with Crippen LogP contribution < -0.4 is 0 Å². The summed E-state index contributed by atoms with van der Waals surface area (Å²) in [6.45, 7) is 2.09. The second-order valence-corrected chi connectivity index (χ2v) is 7.09. The van der Waals surface area contributed by atoms with Crippen LogP contribution in [-0.4, -0.2) is 15.0 Å². The van der Waals surface area contributed by atoms with Crippen LogP contribution in [0.5, 0.6) is 0 Å².